The van der Waals surface area contributed by atoms with Crippen molar-refractivity contribution < 1.29 is 9.18 Å². The van der Waals surface area contributed by atoms with Gasteiger partial charge in [-0.2, -0.15) is 0 Å². The Kier molecular flexibility index (Phi) is 4.48. The van der Waals surface area contributed by atoms with Gasteiger partial charge in [0.25, 0.3) is 5.91 Å². The molecule has 0 radical (unpaired) electrons. The van der Waals surface area contributed by atoms with E-state index in [0.717, 1.165) is 12.0 Å². The molecular weight excluding hydrogens is 255 g/mol. The summed E-state index contributed by atoms with van der Waals surface area (Å²) in [4.78, 5) is 12.1. The van der Waals surface area contributed by atoms with Crippen LogP contribution in [0.3, 0.4) is 0 Å². The van der Waals surface area contributed by atoms with E-state index in [2.05, 4.69) is 5.32 Å². The average Bonchev–Trinajstić information content (AvgIpc) is 2.44. The predicted octanol–water partition coefficient (Wildman–Crippen LogP) is 2.89. The van der Waals surface area contributed by atoms with Crippen molar-refractivity contribution in [1.29, 1.82) is 0 Å². The van der Waals surface area contributed by atoms with Crippen LogP contribution in [0.2, 0.25) is 0 Å². The highest BCUT2D eigenvalue weighted by Gasteiger charge is 2.11. The van der Waals surface area contributed by atoms with Crippen molar-refractivity contribution >= 4 is 11.6 Å². The molecule has 0 heterocycles. The van der Waals surface area contributed by atoms with Gasteiger partial charge in [0.15, 0.2) is 0 Å². The highest BCUT2D eigenvalue weighted by Crippen LogP contribution is 2.19. The van der Waals surface area contributed by atoms with Crippen LogP contribution in [0.15, 0.2) is 42.5 Å². The highest BCUT2D eigenvalue weighted by atomic mass is 19.1. The van der Waals surface area contributed by atoms with Gasteiger partial charge in [-0.3, -0.25) is 4.79 Å². The first-order valence-electron chi connectivity index (χ1n) is 6.47. The summed E-state index contributed by atoms with van der Waals surface area (Å²) in [6.45, 7) is 2.32. The van der Waals surface area contributed by atoms with E-state index >= 15 is 0 Å². The van der Waals surface area contributed by atoms with Crippen LogP contribution in [-0.2, 0) is 6.42 Å². The second-order valence-electron chi connectivity index (χ2n) is 4.62. The fraction of sp³-hybridized carbons (Fsp3) is 0.188. The highest BCUT2D eigenvalue weighted by molar-refractivity contribution is 6.04. The van der Waals surface area contributed by atoms with E-state index in [0.29, 0.717) is 17.7 Å². The molecule has 104 valence electrons. The minimum absolute atomic E-state index is 0.225. The maximum absolute atomic E-state index is 13.7. The van der Waals surface area contributed by atoms with Crippen LogP contribution >= 0.6 is 0 Å². The molecule has 0 bridgehead atoms. The Hall–Kier alpha value is -2.20. The first-order valence-corrected chi connectivity index (χ1v) is 6.47. The summed E-state index contributed by atoms with van der Waals surface area (Å²) in [6, 6.07) is 11.8. The fourth-order valence-electron chi connectivity index (χ4n) is 1.97. The van der Waals surface area contributed by atoms with Crippen LogP contribution < -0.4 is 11.1 Å². The lowest BCUT2D eigenvalue weighted by Crippen LogP contribution is -2.14. The number of halogens is 1. The van der Waals surface area contributed by atoms with Crippen molar-refractivity contribution in [3.8, 4) is 0 Å². The number of hydrogen-bond acceptors (Lipinski definition) is 2. The number of nitrogens with one attached hydrogen (secondary N) is 1. The quantitative estimate of drug-likeness (QED) is 0.899. The number of nitrogens with two attached hydrogens (primary N) is 1. The smallest absolute Gasteiger partial charge is 0.255 e. The van der Waals surface area contributed by atoms with Crippen LogP contribution in [-0.4, -0.2) is 12.5 Å². The number of anilines is 1. The van der Waals surface area contributed by atoms with Crippen molar-refractivity contribution in [1.82, 2.24) is 0 Å². The van der Waals surface area contributed by atoms with E-state index < -0.39 is 5.82 Å². The summed E-state index contributed by atoms with van der Waals surface area (Å²) >= 11 is 0. The van der Waals surface area contributed by atoms with Gasteiger partial charge in [0.2, 0.25) is 0 Å². The fourth-order valence-corrected chi connectivity index (χ4v) is 1.97. The third kappa shape index (κ3) is 3.22. The molecule has 20 heavy (non-hydrogen) atoms. The molecule has 0 aliphatic carbocycles. The summed E-state index contributed by atoms with van der Waals surface area (Å²) in [5.41, 5.74) is 7.96. The Balaban J connectivity index is 2.16. The first-order chi connectivity index (χ1) is 9.61. The molecule has 1 amide bonds. The number of carbonyl (C=O) groups is 1. The van der Waals surface area contributed by atoms with Crippen LogP contribution in [0.4, 0.5) is 10.1 Å². The standard InChI is InChI=1S/C16H17FN2O/c1-11-3-2-4-14(17)15(11)19-16(20)13-7-5-12(6-8-13)9-10-18/h2-8H,9-10,18H2,1H3,(H,19,20). The number of aryl methyl sites for hydroxylation is 1. The van der Waals surface area contributed by atoms with Gasteiger partial charge in [0, 0.05) is 5.56 Å². The molecule has 3 nitrogen and oxygen atoms in total. The maximum atomic E-state index is 13.7. The third-order valence-electron chi connectivity index (χ3n) is 3.11. The monoisotopic (exact) mass is 272 g/mol. The molecule has 0 aliphatic rings. The second kappa shape index (κ2) is 6.30. The largest absolute Gasteiger partial charge is 0.330 e. The number of carbonyl (C=O) groups excluding carboxylic acids is 1. The molecule has 0 unspecified atom stereocenters. The van der Waals surface area contributed by atoms with Gasteiger partial charge in [0.05, 0.1) is 5.69 Å². The molecule has 2 aromatic carbocycles. The molecule has 0 aromatic heterocycles. The van der Waals surface area contributed by atoms with Crippen molar-refractivity contribution in [2.24, 2.45) is 5.73 Å². The number of benzene rings is 2. The van der Waals surface area contributed by atoms with Crippen LogP contribution in [0.25, 0.3) is 0 Å². The molecule has 0 spiro atoms. The summed E-state index contributed by atoms with van der Waals surface area (Å²) in [7, 11) is 0. The number of amides is 1. The average molecular weight is 272 g/mol. The minimum Gasteiger partial charge on any atom is -0.330 e. The Morgan fingerprint density at radius 2 is 1.90 bits per heavy atom. The number of para-hydroxylation sites is 1. The molecular formula is C16H17FN2O. The molecule has 0 saturated carbocycles. The van der Waals surface area contributed by atoms with E-state index in [4.69, 9.17) is 5.73 Å². The molecule has 0 atom stereocenters. The Morgan fingerprint density at radius 3 is 2.50 bits per heavy atom. The van der Waals surface area contributed by atoms with Crippen molar-refractivity contribution in [2.75, 3.05) is 11.9 Å². The van der Waals surface area contributed by atoms with E-state index in [-0.39, 0.29) is 11.6 Å². The van der Waals surface area contributed by atoms with Gasteiger partial charge >= 0.3 is 0 Å². The van der Waals surface area contributed by atoms with Gasteiger partial charge < -0.3 is 11.1 Å². The molecule has 0 saturated heterocycles. The number of hydrogen-bond donors (Lipinski definition) is 2. The van der Waals surface area contributed by atoms with Crippen molar-refractivity contribution in [2.45, 2.75) is 13.3 Å². The second-order valence-corrected chi connectivity index (χ2v) is 4.62. The van der Waals surface area contributed by atoms with Crippen LogP contribution in [0, 0.1) is 12.7 Å². The zero-order chi connectivity index (χ0) is 14.5. The van der Waals surface area contributed by atoms with E-state index in [1.807, 2.05) is 12.1 Å². The maximum Gasteiger partial charge on any atom is 0.255 e. The Morgan fingerprint density at radius 1 is 1.20 bits per heavy atom. The van der Waals surface area contributed by atoms with Crippen molar-refractivity contribution in [3.63, 3.8) is 0 Å². The molecule has 2 rings (SSSR count). The summed E-state index contributed by atoms with van der Waals surface area (Å²) < 4.78 is 13.7. The zero-order valence-electron chi connectivity index (χ0n) is 11.3. The SMILES string of the molecule is Cc1cccc(F)c1NC(=O)c1ccc(CCN)cc1. The van der Waals surface area contributed by atoms with Gasteiger partial charge in [-0.25, -0.2) is 4.39 Å². The van der Waals surface area contributed by atoms with Gasteiger partial charge in [-0.1, -0.05) is 24.3 Å². The van der Waals surface area contributed by atoms with Crippen molar-refractivity contribution in [3.05, 3.63) is 65.0 Å². The normalized spacial score (nSPS) is 10.3. The molecule has 0 aliphatic heterocycles. The molecule has 0 fully saturated rings. The first kappa shape index (κ1) is 14.2. The number of rotatable bonds is 4. The lowest BCUT2D eigenvalue weighted by atomic mass is 10.1. The van der Waals surface area contributed by atoms with E-state index in [9.17, 15) is 9.18 Å². The predicted molar refractivity (Wildman–Crippen MR) is 78.3 cm³/mol. The molecule has 2 aromatic rings. The summed E-state index contributed by atoms with van der Waals surface area (Å²) in [6.07, 6.45) is 0.772. The van der Waals surface area contributed by atoms with Gasteiger partial charge in [-0.15, -0.1) is 0 Å². The zero-order valence-corrected chi connectivity index (χ0v) is 11.3. The topological polar surface area (TPSA) is 55.1 Å². The lowest BCUT2D eigenvalue weighted by Gasteiger charge is -2.09. The van der Waals surface area contributed by atoms with E-state index in [1.165, 1.54) is 6.07 Å². The van der Waals surface area contributed by atoms with E-state index in [1.54, 1.807) is 31.2 Å². The Labute approximate surface area is 117 Å². The summed E-state index contributed by atoms with van der Waals surface area (Å²) in [5, 5.41) is 2.61. The Bertz CT molecular complexity index is 588. The van der Waals surface area contributed by atoms with Crippen LogP contribution in [0.5, 0.6) is 0 Å². The van der Waals surface area contributed by atoms with Gasteiger partial charge in [0.1, 0.15) is 5.82 Å². The third-order valence-corrected chi connectivity index (χ3v) is 3.11. The minimum atomic E-state index is -0.432. The van der Waals surface area contributed by atoms with Crippen LogP contribution in [0.1, 0.15) is 21.5 Å². The van der Waals surface area contributed by atoms with Gasteiger partial charge in [-0.05, 0) is 49.2 Å². The lowest BCUT2D eigenvalue weighted by molar-refractivity contribution is 0.102. The summed E-state index contributed by atoms with van der Waals surface area (Å²) in [5.74, 6) is -0.754. The molecule has 3 N–H and O–H groups in total. The molecule has 4 heteroatoms.